The highest BCUT2D eigenvalue weighted by Gasteiger charge is 2.44. The number of rotatable bonds is 4. The standard InChI is InChI=1S/C28H26FN3O.ClH/c1-31-14-11-28(12-15-31,23-6-8-24(29)9-7-23)26-10-13-32(27(26)33)19-22-17-20(18-30)16-21-4-2-3-5-25(21)22;/h2-10,16-17H,11-15,19H2,1H3;1H. The Balaban J connectivity index is 0.00000274. The molecule has 3 aromatic carbocycles. The van der Waals surface area contributed by atoms with E-state index in [2.05, 4.69) is 24.1 Å². The van der Waals surface area contributed by atoms with Crippen molar-refractivity contribution in [1.82, 2.24) is 9.80 Å². The first-order valence-corrected chi connectivity index (χ1v) is 11.4. The lowest BCUT2D eigenvalue weighted by atomic mass is 9.67. The van der Waals surface area contributed by atoms with Crippen LogP contribution in [0, 0.1) is 17.1 Å². The number of carbonyl (C=O) groups is 1. The third-order valence-electron chi connectivity index (χ3n) is 7.22. The summed E-state index contributed by atoms with van der Waals surface area (Å²) in [6.07, 6.45) is 3.72. The van der Waals surface area contributed by atoms with Gasteiger partial charge >= 0.3 is 0 Å². The van der Waals surface area contributed by atoms with Crippen LogP contribution in [0.25, 0.3) is 10.8 Å². The number of piperidine rings is 1. The quantitative estimate of drug-likeness (QED) is 0.520. The van der Waals surface area contributed by atoms with Gasteiger partial charge in [-0.05, 0) is 79.1 Å². The molecule has 0 aliphatic carbocycles. The number of halogens is 2. The van der Waals surface area contributed by atoms with Crippen molar-refractivity contribution in [2.75, 3.05) is 26.7 Å². The molecule has 0 atom stereocenters. The maximum atomic E-state index is 13.7. The highest BCUT2D eigenvalue weighted by Crippen LogP contribution is 2.44. The van der Waals surface area contributed by atoms with Crippen molar-refractivity contribution in [2.45, 2.75) is 24.8 Å². The molecule has 4 nitrogen and oxygen atoms in total. The van der Waals surface area contributed by atoms with Gasteiger partial charge < -0.3 is 9.80 Å². The first kappa shape index (κ1) is 23.9. The SMILES string of the molecule is CN1CCC(C2=CCN(Cc3cc(C#N)cc4ccccc34)C2=O)(c2ccc(F)cc2)CC1.Cl. The lowest BCUT2D eigenvalue weighted by Gasteiger charge is -2.42. The Bertz CT molecular complexity index is 1290. The van der Waals surface area contributed by atoms with Gasteiger partial charge in [-0.1, -0.05) is 42.5 Å². The van der Waals surface area contributed by atoms with E-state index in [0.29, 0.717) is 18.7 Å². The van der Waals surface area contributed by atoms with Crippen molar-refractivity contribution in [1.29, 1.82) is 5.26 Å². The van der Waals surface area contributed by atoms with E-state index >= 15 is 0 Å². The minimum absolute atomic E-state index is 0. The smallest absolute Gasteiger partial charge is 0.251 e. The molecule has 1 saturated heterocycles. The zero-order valence-corrected chi connectivity index (χ0v) is 19.9. The largest absolute Gasteiger partial charge is 0.331 e. The number of hydrogen-bond donors (Lipinski definition) is 0. The first-order valence-electron chi connectivity index (χ1n) is 11.4. The average molecular weight is 476 g/mol. The predicted molar refractivity (Wildman–Crippen MR) is 134 cm³/mol. The summed E-state index contributed by atoms with van der Waals surface area (Å²) in [4.78, 5) is 17.9. The fourth-order valence-corrected chi connectivity index (χ4v) is 5.35. The van der Waals surface area contributed by atoms with Crippen molar-refractivity contribution in [3.8, 4) is 6.07 Å². The first-order chi connectivity index (χ1) is 16.0. The number of nitriles is 1. The number of benzene rings is 3. The number of nitrogens with zero attached hydrogens (tertiary/aromatic N) is 3. The van der Waals surface area contributed by atoms with E-state index in [0.717, 1.165) is 53.4 Å². The Kier molecular flexibility index (Phi) is 6.74. The van der Waals surface area contributed by atoms with Crippen LogP contribution in [-0.4, -0.2) is 42.4 Å². The molecule has 1 fully saturated rings. The third-order valence-corrected chi connectivity index (χ3v) is 7.22. The van der Waals surface area contributed by atoms with Gasteiger partial charge in [-0.3, -0.25) is 4.79 Å². The molecule has 0 unspecified atom stereocenters. The maximum absolute atomic E-state index is 13.7. The van der Waals surface area contributed by atoms with Crippen LogP contribution in [0.3, 0.4) is 0 Å². The van der Waals surface area contributed by atoms with E-state index in [-0.39, 0.29) is 24.1 Å². The molecule has 0 spiro atoms. The summed E-state index contributed by atoms with van der Waals surface area (Å²) in [6.45, 7) is 2.76. The van der Waals surface area contributed by atoms with Gasteiger partial charge in [0.2, 0.25) is 0 Å². The van der Waals surface area contributed by atoms with Crippen molar-refractivity contribution in [3.05, 3.63) is 94.8 Å². The second kappa shape index (κ2) is 9.58. The van der Waals surface area contributed by atoms with E-state index in [1.165, 1.54) is 12.1 Å². The number of amides is 1. The molecule has 6 heteroatoms. The minimum atomic E-state index is -0.400. The van der Waals surface area contributed by atoms with E-state index in [1.807, 2.05) is 53.4 Å². The fraction of sp³-hybridized carbons (Fsp3) is 0.286. The Morgan fingerprint density at radius 1 is 1.06 bits per heavy atom. The molecule has 34 heavy (non-hydrogen) atoms. The van der Waals surface area contributed by atoms with Crippen LogP contribution >= 0.6 is 12.4 Å². The molecule has 0 radical (unpaired) electrons. The summed E-state index contributed by atoms with van der Waals surface area (Å²) in [5.74, 6) is -0.227. The lowest BCUT2D eigenvalue weighted by Crippen LogP contribution is -2.44. The third kappa shape index (κ3) is 4.20. The van der Waals surface area contributed by atoms with E-state index in [4.69, 9.17) is 0 Å². The van der Waals surface area contributed by atoms with Crippen molar-refractivity contribution >= 4 is 29.1 Å². The highest BCUT2D eigenvalue weighted by molar-refractivity contribution is 5.99. The van der Waals surface area contributed by atoms with Gasteiger partial charge in [-0.15, -0.1) is 12.4 Å². The number of carbonyl (C=O) groups excluding carboxylic acids is 1. The van der Waals surface area contributed by atoms with Crippen LogP contribution < -0.4 is 0 Å². The van der Waals surface area contributed by atoms with Crippen LogP contribution in [0.2, 0.25) is 0 Å². The summed E-state index contributed by atoms with van der Waals surface area (Å²) < 4.78 is 13.7. The summed E-state index contributed by atoms with van der Waals surface area (Å²) in [7, 11) is 2.10. The topological polar surface area (TPSA) is 47.3 Å². The predicted octanol–water partition coefficient (Wildman–Crippen LogP) is 5.20. The maximum Gasteiger partial charge on any atom is 0.251 e. The van der Waals surface area contributed by atoms with Gasteiger partial charge in [-0.25, -0.2) is 4.39 Å². The number of hydrogen-bond acceptors (Lipinski definition) is 3. The number of fused-ring (bicyclic) bond motifs is 1. The number of likely N-dealkylation sites (tertiary alicyclic amines) is 1. The van der Waals surface area contributed by atoms with Crippen LogP contribution in [0.15, 0.2) is 72.3 Å². The van der Waals surface area contributed by atoms with Crippen LogP contribution in [0.1, 0.15) is 29.5 Å². The summed E-state index contributed by atoms with van der Waals surface area (Å²) in [5.41, 5.74) is 3.01. The van der Waals surface area contributed by atoms with Gasteiger partial charge in [0.05, 0.1) is 11.6 Å². The molecule has 2 aliphatic rings. The second-order valence-corrected chi connectivity index (χ2v) is 9.16. The molecule has 0 N–H and O–H groups in total. The Morgan fingerprint density at radius 2 is 1.76 bits per heavy atom. The lowest BCUT2D eigenvalue weighted by molar-refractivity contribution is -0.126. The molecule has 5 rings (SSSR count). The van der Waals surface area contributed by atoms with Crippen LogP contribution in [-0.2, 0) is 16.8 Å². The fourth-order valence-electron chi connectivity index (χ4n) is 5.35. The molecular weight excluding hydrogens is 449 g/mol. The van der Waals surface area contributed by atoms with Crippen molar-refractivity contribution in [2.24, 2.45) is 0 Å². The van der Waals surface area contributed by atoms with Crippen LogP contribution in [0.4, 0.5) is 4.39 Å². The molecule has 2 heterocycles. The van der Waals surface area contributed by atoms with E-state index < -0.39 is 5.41 Å². The highest BCUT2D eigenvalue weighted by atomic mass is 35.5. The molecule has 0 saturated carbocycles. The van der Waals surface area contributed by atoms with Gasteiger partial charge in [0, 0.05) is 24.1 Å². The Morgan fingerprint density at radius 3 is 2.47 bits per heavy atom. The van der Waals surface area contributed by atoms with Crippen molar-refractivity contribution < 1.29 is 9.18 Å². The second-order valence-electron chi connectivity index (χ2n) is 9.16. The molecule has 0 aromatic heterocycles. The minimum Gasteiger partial charge on any atom is -0.331 e. The van der Waals surface area contributed by atoms with Gasteiger partial charge in [0.15, 0.2) is 0 Å². The molecule has 2 aliphatic heterocycles. The molecule has 3 aromatic rings. The van der Waals surface area contributed by atoms with E-state index in [9.17, 15) is 14.4 Å². The van der Waals surface area contributed by atoms with Gasteiger partial charge in [-0.2, -0.15) is 5.26 Å². The Hall–Kier alpha value is -3.20. The van der Waals surface area contributed by atoms with Gasteiger partial charge in [0.1, 0.15) is 5.82 Å². The summed E-state index contributed by atoms with van der Waals surface area (Å²) >= 11 is 0. The monoisotopic (exact) mass is 475 g/mol. The normalized spacial score (nSPS) is 17.9. The zero-order valence-electron chi connectivity index (χ0n) is 19.1. The Labute approximate surface area is 205 Å². The zero-order chi connectivity index (χ0) is 23.0. The van der Waals surface area contributed by atoms with E-state index in [1.54, 1.807) is 0 Å². The molecular formula is C28H27ClFN3O. The average Bonchev–Trinajstić information content (AvgIpc) is 3.20. The summed E-state index contributed by atoms with van der Waals surface area (Å²) in [6, 6.07) is 20.6. The molecule has 1 amide bonds. The van der Waals surface area contributed by atoms with Crippen LogP contribution in [0.5, 0.6) is 0 Å². The van der Waals surface area contributed by atoms with Gasteiger partial charge in [0.25, 0.3) is 5.91 Å². The van der Waals surface area contributed by atoms with Crippen molar-refractivity contribution in [3.63, 3.8) is 0 Å². The molecule has 174 valence electrons. The summed E-state index contributed by atoms with van der Waals surface area (Å²) in [5, 5.41) is 11.5. The molecule has 0 bridgehead atoms.